The van der Waals surface area contributed by atoms with Gasteiger partial charge in [0.1, 0.15) is 12.0 Å². The van der Waals surface area contributed by atoms with Crippen LogP contribution in [0.3, 0.4) is 0 Å². The van der Waals surface area contributed by atoms with E-state index < -0.39 is 4.92 Å². The zero-order valence-electron chi connectivity index (χ0n) is 8.06. The van der Waals surface area contributed by atoms with Gasteiger partial charge in [0.25, 0.3) is 5.69 Å². The Balaban J connectivity index is 2.90. The van der Waals surface area contributed by atoms with Gasteiger partial charge in [0, 0.05) is 11.6 Å². The first-order valence-corrected chi connectivity index (χ1v) is 4.54. The predicted molar refractivity (Wildman–Crippen MR) is 53.9 cm³/mol. The minimum atomic E-state index is -0.456. The van der Waals surface area contributed by atoms with Gasteiger partial charge in [0.15, 0.2) is 0 Å². The van der Waals surface area contributed by atoms with E-state index in [9.17, 15) is 10.1 Å². The van der Waals surface area contributed by atoms with Crippen molar-refractivity contribution in [1.82, 2.24) is 4.98 Å². The molecule has 5 heteroatoms. The van der Waals surface area contributed by atoms with Crippen molar-refractivity contribution < 1.29 is 4.92 Å². The lowest BCUT2D eigenvalue weighted by Gasteiger charge is -2.02. The molecule has 0 aliphatic rings. The number of aromatic nitrogens is 1. The first-order valence-electron chi connectivity index (χ1n) is 4.54. The van der Waals surface area contributed by atoms with E-state index in [1.54, 1.807) is 0 Å². The minimum Gasteiger partial charge on any atom is -0.383 e. The van der Waals surface area contributed by atoms with Gasteiger partial charge < -0.3 is 5.73 Å². The van der Waals surface area contributed by atoms with Crippen molar-refractivity contribution in [2.24, 2.45) is 0 Å². The number of nitro groups is 1. The predicted octanol–water partition coefficient (Wildman–Crippen LogP) is 1.91. The van der Waals surface area contributed by atoms with Crippen molar-refractivity contribution in [3.63, 3.8) is 0 Å². The number of aryl methyl sites for hydroxylation is 1. The van der Waals surface area contributed by atoms with Crippen LogP contribution < -0.4 is 5.73 Å². The quantitative estimate of drug-likeness (QED) is 0.587. The number of unbranched alkanes of at least 4 members (excludes halogenated alkanes) is 1. The van der Waals surface area contributed by atoms with E-state index in [2.05, 4.69) is 11.9 Å². The molecule has 2 N–H and O–H groups in total. The van der Waals surface area contributed by atoms with Gasteiger partial charge in [-0.1, -0.05) is 13.3 Å². The maximum absolute atomic E-state index is 10.5. The third-order valence-corrected chi connectivity index (χ3v) is 2.00. The van der Waals surface area contributed by atoms with E-state index in [0.29, 0.717) is 5.82 Å². The van der Waals surface area contributed by atoms with E-state index in [1.165, 1.54) is 12.3 Å². The van der Waals surface area contributed by atoms with Gasteiger partial charge in [-0.15, -0.1) is 0 Å². The summed E-state index contributed by atoms with van der Waals surface area (Å²) in [5, 5.41) is 10.5. The summed E-state index contributed by atoms with van der Waals surface area (Å²) in [6, 6.07) is 1.50. The van der Waals surface area contributed by atoms with Gasteiger partial charge in [-0.25, -0.2) is 4.98 Å². The van der Waals surface area contributed by atoms with Crippen molar-refractivity contribution in [2.45, 2.75) is 26.2 Å². The zero-order valence-corrected chi connectivity index (χ0v) is 8.06. The van der Waals surface area contributed by atoms with Crippen molar-refractivity contribution in [1.29, 1.82) is 0 Å². The molecular weight excluding hydrogens is 182 g/mol. The Morgan fingerprint density at radius 2 is 2.36 bits per heavy atom. The van der Waals surface area contributed by atoms with Crippen molar-refractivity contribution >= 4 is 11.5 Å². The molecule has 76 valence electrons. The molecular formula is C9H13N3O2. The Morgan fingerprint density at radius 1 is 1.64 bits per heavy atom. The van der Waals surface area contributed by atoms with E-state index in [0.717, 1.165) is 24.8 Å². The van der Waals surface area contributed by atoms with Gasteiger partial charge in [-0.05, 0) is 12.8 Å². The van der Waals surface area contributed by atoms with Gasteiger partial charge in [-0.2, -0.15) is 0 Å². The molecule has 0 amide bonds. The van der Waals surface area contributed by atoms with Crippen molar-refractivity contribution in [3.8, 4) is 0 Å². The van der Waals surface area contributed by atoms with Crippen LogP contribution in [0, 0.1) is 10.1 Å². The van der Waals surface area contributed by atoms with Crippen LogP contribution in [0.25, 0.3) is 0 Å². The third kappa shape index (κ3) is 2.42. The number of nitrogens with two attached hydrogens (primary N) is 1. The summed E-state index contributed by atoms with van der Waals surface area (Å²) < 4.78 is 0. The number of hydrogen-bond acceptors (Lipinski definition) is 4. The number of anilines is 1. The molecule has 0 saturated heterocycles. The van der Waals surface area contributed by atoms with Crippen LogP contribution in [-0.2, 0) is 6.42 Å². The van der Waals surface area contributed by atoms with Crippen LogP contribution in [0.15, 0.2) is 12.3 Å². The second-order valence-corrected chi connectivity index (χ2v) is 3.10. The van der Waals surface area contributed by atoms with Crippen molar-refractivity contribution in [3.05, 3.63) is 27.9 Å². The third-order valence-electron chi connectivity index (χ3n) is 2.00. The molecule has 1 rings (SSSR count). The summed E-state index contributed by atoms with van der Waals surface area (Å²) >= 11 is 0. The van der Waals surface area contributed by atoms with Gasteiger partial charge in [-0.3, -0.25) is 10.1 Å². The van der Waals surface area contributed by atoms with Crippen molar-refractivity contribution in [2.75, 3.05) is 5.73 Å². The van der Waals surface area contributed by atoms with Crippen LogP contribution >= 0.6 is 0 Å². The number of hydrogen-bond donors (Lipinski definition) is 1. The summed E-state index contributed by atoms with van der Waals surface area (Å²) in [7, 11) is 0. The highest BCUT2D eigenvalue weighted by Gasteiger charge is 2.09. The highest BCUT2D eigenvalue weighted by atomic mass is 16.6. The monoisotopic (exact) mass is 195 g/mol. The Labute approximate surface area is 82.1 Å². The fourth-order valence-electron chi connectivity index (χ4n) is 1.18. The SMILES string of the molecule is CCCCc1cc([N+](=O)[O-])cnc1N. The van der Waals surface area contributed by atoms with E-state index >= 15 is 0 Å². The number of nitrogens with zero attached hydrogens (tertiary/aromatic N) is 2. The van der Waals surface area contributed by atoms with E-state index in [1.807, 2.05) is 0 Å². The first kappa shape index (κ1) is 10.4. The fraction of sp³-hybridized carbons (Fsp3) is 0.444. The molecule has 0 radical (unpaired) electrons. The molecule has 0 saturated carbocycles. The molecule has 0 bridgehead atoms. The Hall–Kier alpha value is -1.65. The molecule has 1 aromatic heterocycles. The van der Waals surface area contributed by atoms with Gasteiger partial charge in [0.05, 0.1) is 4.92 Å². The van der Waals surface area contributed by atoms with Crippen LogP contribution in [0.5, 0.6) is 0 Å². The number of nitrogen functional groups attached to an aromatic ring is 1. The molecule has 0 aliphatic heterocycles. The lowest BCUT2D eigenvalue weighted by atomic mass is 10.1. The molecule has 0 atom stereocenters. The molecule has 1 aromatic rings. The lowest BCUT2D eigenvalue weighted by molar-refractivity contribution is -0.385. The minimum absolute atomic E-state index is 0.00491. The van der Waals surface area contributed by atoms with Gasteiger partial charge in [0.2, 0.25) is 0 Å². The molecule has 0 aliphatic carbocycles. The maximum Gasteiger partial charge on any atom is 0.288 e. The second kappa shape index (κ2) is 4.55. The highest BCUT2D eigenvalue weighted by molar-refractivity contribution is 5.45. The summed E-state index contributed by atoms with van der Waals surface area (Å²) in [5.41, 5.74) is 6.37. The van der Waals surface area contributed by atoms with Crippen LogP contribution in [0.4, 0.5) is 11.5 Å². The Morgan fingerprint density at radius 3 is 2.93 bits per heavy atom. The lowest BCUT2D eigenvalue weighted by Crippen LogP contribution is -2.00. The topological polar surface area (TPSA) is 82.0 Å². The second-order valence-electron chi connectivity index (χ2n) is 3.10. The molecule has 0 fully saturated rings. The van der Waals surface area contributed by atoms with Gasteiger partial charge >= 0.3 is 0 Å². The zero-order chi connectivity index (χ0) is 10.6. The maximum atomic E-state index is 10.5. The summed E-state index contributed by atoms with van der Waals surface area (Å²) in [5.74, 6) is 0.393. The summed E-state index contributed by atoms with van der Waals surface area (Å²) in [6.45, 7) is 2.06. The van der Waals surface area contributed by atoms with E-state index in [4.69, 9.17) is 5.73 Å². The normalized spacial score (nSPS) is 10.1. The number of pyridine rings is 1. The summed E-state index contributed by atoms with van der Waals surface area (Å²) in [4.78, 5) is 13.8. The number of rotatable bonds is 4. The average molecular weight is 195 g/mol. The Bertz CT molecular complexity index is 339. The Kier molecular flexibility index (Phi) is 3.39. The molecule has 0 spiro atoms. The summed E-state index contributed by atoms with van der Waals surface area (Å²) in [6.07, 6.45) is 3.93. The van der Waals surface area contributed by atoms with Crippen LogP contribution in [-0.4, -0.2) is 9.91 Å². The first-order chi connectivity index (χ1) is 6.65. The molecule has 14 heavy (non-hydrogen) atoms. The van der Waals surface area contributed by atoms with Crippen LogP contribution in [0.1, 0.15) is 25.3 Å². The molecule has 1 heterocycles. The standard InChI is InChI=1S/C9H13N3O2/c1-2-3-4-7-5-8(12(13)14)6-11-9(7)10/h5-6H,2-4H2,1H3,(H2,10,11). The molecule has 0 aromatic carbocycles. The molecule has 5 nitrogen and oxygen atoms in total. The molecule has 0 unspecified atom stereocenters. The largest absolute Gasteiger partial charge is 0.383 e. The highest BCUT2D eigenvalue weighted by Crippen LogP contribution is 2.18. The average Bonchev–Trinajstić information content (AvgIpc) is 2.16. The van der Waals surface area contributed by atoms with Crippen LogP contribution in [0.2, 0.25) is 0 Å². The fourth-order valence-corrected chi connectivity index (χ4v) is 1.18. The smallest absolute Gasteiger partial charge is 0.288 e. The van der Waals surface area contributed by atoms with E-state index in [-0.39, 0.29) is 5.69 Å².